The zero-order valence-electron chi connectivity index (χ0n) is 14.3. The topological polar surface area (TPSA) is 91.5 Å². The monoisotopic (exact) mass is 370 g/mol. The predicted molar refractivity (Wildman–Crippen MR) is 91.4 cm³/mol. The van der Waals surface area contributed by atoms with Crippen LogP contribution in [0.4, 0.5) is 4.39 Å². The number of rotatable bonds is 6. The minimum atomic E-state index is -0.484. The van der Waals surface area contributed by atoms with E-state index in [-0.39, 0.29) is 24.5 Å². The second-order valence-corrected chi connectivity index (χ2v) is 5.51. The zero-order chi connectivity index (χ0) is 19.2. The van der Waals surface area contributed by atoms with Crippen molar-refractivity contribution in [1.29, 1.82) is 0 Å². The molecule has 2 aromatic carbocycles. The van der Waals surface area contributed by atoms with Gasteiger partial charge in [0.25, 0.3) is 0 Å². The molecule has 0 amide bonds. The van der Waals surface area contributed by atoms with Crippen molar-refractivity contribution >= 4 is 11.9 Å². The van der Waals surface area contributed by atoms with E-state index in [1.54, 1.807) is 0 Å². The molecule has 0 aliphatic heterocycles. The number of benzene rings is 2. The van der Waals surface area contributed by atoms with Crippen molar-refractivity contribution in [3.05, 3.63) is 65.8 Å². The highest BCUT2D eigenvalue weighted by Crippen LogP contribution is 2.17. The normalized spacial score (nSPS) is 10.4. The van der Waals surface area contributed by atoms with Crippen LogP contribution in [0.15, 0.2) is 53.1 Å². The molecule has 138 valence electrons. The van der Waals surface area contributed by atoms with E-state index in [1.165, 1.54) is 55.6 Å². The first-order chi connectivity index (χ1) is 13.0. The van der Waals surface area contributed by atoms with Crippen molar-refractivity contribution in [2.45, 2.75) is 12.8 Å². The van der Waals surface area contributed by atoms with Gasteiger partial charge >= 0.3 is 11.9 Å². The minimum absolute atomic E-state index is 0.0316. The first-order valence-electron chi connectivity index (χ1n) is 8.03. The van der Waals surface area contributed by atoms with Crippen LogP contribution in [0.2, 0.25) is 0 Å². The Labute approximate surface area is 153 Å². The van der Waals surface area contributed by atoms with Gasteiger partial charge in [-0.3, -0.25) is 4.79 Å². The van der Waals surface area contributed by atoms with E-state index in [4.69, 9.17) is 9.26 Å². The maximum absolute atomic E-state index is 12.9. The number of hydrogen-bond acceptors (Lipinski definition) is 7. The summed E-state index contributed by atoms with van der Waals surface area (Å²) in [5, 5.41) is 3.81. The Morgan fingerprint density at radius 1 is 1.07 bits per heavy atom. The number of carbonyl (C=O) groups is 2. The summed E-state index contributed by atoms with van der Waals surface area (Å²) < 4.78 is 27.8. The smallest absolute Gasteiger partial charge is 0.337 e. The van der Waals surface area contributed by atoms with Crippen LogP contribution >= 0.6 is 0 Å². The number of methoxy groups -OCH3 is 1. The third-order valence-electron chi connectivity index (χ3n) is 3.62. The van der Waals surface area contributed by atoms with E-state index in [9.17, 15) is 14.0 Å². The molecule has 8 heteroatoms. The quantitative estimate of drug-likeness (QED) is 0.486. The van der Waals surface area contributed by atoms with Gasteiger partial charge in [0, 0.05) is 12.0 Å². The number of ether oxygens (including phenoxy) is 2. The van der Waals surface area contributed by atoms with Crippen LogP contribution in [-0.2, 0) is 16.0 Å². The predicted octanol–water partition coefficient (Wildman–Crippen LogP) is 3.20. The van der Waals surface area contributed by atoms with Gasteiger partial charge in [0.2, 0.25) is 11.7 Å². The molecule has 0 bridgehead atoms. The molecule has 0 aliphatic rings. The maximum atomic E-state index is 12.9. The fourth-order valence-electron chi connectivity index (χ4n) is 2.24. The highest BCUT2D eigenvalue weighted by Gasteiger charge is 2.13. The molecule has 0 aliphatic carbocycles. The van der Waals surface area contributed by atoms with Gasteiger partial charge in [-0.15, -0.1) is 0 Å². The van der Waals surface area contributed by atoms with Gasteiger partial charge < -0.3 is 14.0 Å². The average Bonchev–Trinajstić information content (AvgIpc) is 3.16. The Hall–Kier alpha value is -3.55. The van der Waals surface area contributed by atoms with Crippen LogP contribution in [0.3, 0.4) is 0 Å². The molecule has 27 heavy (non-hydrogen) atoms. The molecule has 0 N–H and O–H groups in total. The average molecular weight is 370 g/mol. The number of halogens is 1. The molecular formula is C19H15FN2O5. The number of esters is 2. The fourth-order valence-corrected chi connectivity index (χ4v) is 2.24. The van der Waals surface area contributed by atoms with Crippen molar-refractivity contribution in [1.82, 2.24) is 10.1 Å². The van der Waals surface area contributed by atoms with Gasteiger partial charge in [-0.2, -0.15) is 4.98 Å². The molecule has 7 nitrogen and oxygen atoms in total. The molecule has 0 radical (unpaired) electrons. The van der Waals surface area contributed by atoms with Crippen molar-refractivity contribution < 1.29 is 28.0 Å². The first-order valence-corrected chi connectivity index (χ1v) is 8.03. The van der Waals surface area contributed by atoms with Crippen LogP contribution in [0, 0.1) is 5.82 Å². The molecule has 1 aromatic heterocycles. The van der Waals surface area contributed by atoms with Gasteiger partial charge in [0.1, 0.15) is 11.6 Å². The highest BCUT2D eigenvalue weighted by molar-refractivity contribution is 5.89. The molecule has 1 heterocycles. The van der Waals surface area contributed by atoms with E-state index < -0.39 is 11.9 Å². The van der Waals surface area contributed by atoms with Crippen LogP contribution in [0.1, 0.15) is 22.7 Å². The van der Waals surface area contributed by atoms with E-state index in [1.807, 2.05) is 0 Å². The van der Waals surface area contributed by atoms with Crippen molar-refractivity contribution in [2.75, 3.05) is 7.11 Å². The van der Waals surface area contributed by atoms with Gasteiger partial charge in [0.05, 0.1) is 19.1 Å². The summed E-state index contributed by atoms with van der Waals surface area (Å²) in [7, 11) is 1.29. The summed E-state index contributed by atoms with van der Waals surface area (Å²) in [6.07, 6.45) is 0.233. The zero-order valence-corrected chi connectivity index (χ0v) is 14.3. The second kappa shape index (κ2) is 8.22. The lowest BCUT2D eigenvalue weighted by Crippen LogP contribution is -2.09. The number of nitrogens with zero attached hydrogens (tertiary/aromatic N) is 2. The minimum Gasteiger partial charge on any atom is -0.465 e. The SMILES string of the molecule is COC(=O)c1ccc(OC(=O)CCc2nc(-c3ccc(F)cc3)no2)cc1. The second-order valence-electron chi connectivity index (χ2n) is 5.51. The Kier molecular flexibility index (Phi) is 5.55. The molecular weight excluding hydrogens is 355 g/mol. The highest BCUT2D eigenvalue weighted by atomic mass is 19.1. The van der Waals surface area contributed by atoms with Gasteiger partial charge in [-0.05, 0) is 48.5 Å². The third kappa shape index (κ3) is 4.75. The largest absolute Gasteiger partial charge is 0.465 e. The Bertz CT molecular complexity index is 935. The molecule has 3 rings (SSSR count). The van der Waals surface area contributed by atoms with Crippen LogP contribution in [0.25, 0.3) is 11.4 Å². The van der Waals surface area contributed by atoms with Gasteiger partial charge in [-0.25, -0.2) is 9.18 Å². The number of carbonyl (C=O) groups excluding carboxylic acids is 2. The number of hydrogen-bond donors (Lipinski definition) is 0. The number of aromatic nitrogens is 2. The summed E-state index contributed by atoms with van der Waals surface area (Å²) in [5.41, 5.74) is 0.969. The Balaban J connectivity index is 1.53. The van der Waals surface area contributed by atoms with Crippen LogP contribution < -0.4 is 4.74 Å². The molecule has 0 fully saturated rings. The molecule has 0 saturated heterocycles. The van der Waals surface area contributed by atoms with Crippen molar-refractivity contribution in [3.63, 3.8) is 0 Å². The first kappa shape index (κ1) is 18.2. The molecule has 3 aromatic rings. The fraction of sp³-hybridized carbons (Fsp3) is 0.158. The summed E-state index contributed by atoms with van der Waals surface area (Å²) in [4.78, 5) is 27.5. The third-order valence-corrected chi connectivity index (χ3v) is 3.62. The van der Waals surface area contributed by atoms with Crippen LogP contribution in [0.5, 0.6) is 5.75 Å². The van der Waals surface area contributed by atoms with E-state index >= 15 is 0 Å². The lowest BCUT2D eigenvalue weighted by atomic mass is 10.2. The molecule has 0 spiro atoms. The summed E-state index contributed by atoms with van der Waals surface area (Å²) in [6.45, 7) is 0. The molecule has 0 unspecified atom stereocenters. The van der Waals surface area contributed by atoms with E-state index in [0.717, 1.165) is 0 Å². The lowest BCUT2D eigenvalue weighted by molar-refractivity contribution is -0.134. The standard InChI is InChI=1S/C19H15FN2O5/c1-25-19(24)13-4-8-15(9-5-13)26-17(23)11-10-16-21-18(22-27-16)12-2-6-14(20)7-3-12/h2-9H,10-11H2,1H3. The Morgan fingerprint density at radius 2 is 1.78 bits per heavy atom. The number of aryl methyl sites for hydroxylation is 1. The van der Waals surface area contributed by atoms with Gasteiger partial charge in [-0.1, -0.05) is 5.16 Å². The van der Waals surface area contributed by atoms with Crippen molar-refractivity contribution in [3.8, 4) is 17.1 Å². The summed E-state index contributed by atoms with van der Waals surface area (Å²) in [5.74, 6) is -0.414. The van der Waals surface area contributed by atoms with Crippen molar-refractivity contribution in [2.24, 2.45) is 0 Å². The van der Waals surface area contributed by atoms with Gasteiger partial charge in [0.15, 0.2) is 0 Å². The van der Waals surface area contributed by atoms with E-state index in [2.05, 4.69) is 14.9 Å². The lowest BCUT2D eigenvalue weighted by Gasteiger charge is -2.04. The molecule has 0 atom stereocenters. The molecule has 0 saturated carbocycles. The summed E-state index contributed by atoms with van der Waals surface area (Å²) >= 11 is 0. The Morgan fingerprint density at radius 3 is 2.44 bits per heavy atom. The maximum Gasteiger partial charge on any atom is 0.337 e. The van der Waals surface area contributed by atoms with E-state index in [0.29, 0.717) is 22.7 Å². The summed E-state index contributed by atoms with van der Waals surface area (Å²) in [6, 6.07) is 11.7. The van der Waals surface area contributed by atoms with Crippen LogP contribution in [-0.4, -0.2) is 29.2 Å².